The van der Waals surface area contributed by atoms with Gasteiger partial charge in [-0.15, -0.1) is 0 Å². The van der Waals surface area contributed by atoms with Crippen molar-refractivity contribution in [3.05, 3.63) is 24.0 Å². The Bertz CT molecular complexity index is 914. The Kier molecular flexibility index (Phi) is 5.77. The minimum Gasteiger partial charge on any atom is -0.351 e. The van der Waals surface area contributed by atoms with Crippen molar-refractivity contribution in [1.29, 1.82) is 0 Å². The SMILES string of the molecule is CCC(C)(C)NC(=O)CCc1nc2cc(S(=O)(=O)N(C)C)ccc2n1C. The number of sulfonamides is 1. The topological polar surface area (TPSA) is 84.3 Å². The molecule has 144 valence electrons. The molecule has 0 saturated carbocycles. The Balaban J connectivity index is 2.22. The fraction of sp³-hybridized carbons (Fsp3) is 0.556. The molecule has 0 atom stereocenters. The quantitative estimate of drug-likeness (QED) is 0.797. The maximum Gasteiger partial charge on any atom is 0.242 e. The lowest BCUT2D eigenvalue weighted by molar-refractivity contribution is -0.122. The molecule has 7 nitrogen and oxygen atoms in total. The van der Waals surface area contributed by atoms with Crippen molar-refractivity contribution >= 4 is 27.0 Å². The smallest absolute Gasteiger partial charge is 0.242 e. The number of aryl methyl sites for hydroxylation is 2. The van der Waals surface area contributed by atoms with Crippen LogP contribution in [-0.4, -0.2) is 47.8 Å². The van der Waals surface area contributed by atoms with Crippen LogP contribution in [0.3, 0.4) is 0 Å². The number of rotatable bonds is 7. The number of amides is 1. The minimum absolute atomic E-state index is 0.0141. The first-order valence-electron chi connectivity index (χ1n) is 8.67. The van der Waals surface area contributed by atoms with E-state index in [0.29, 0.717) is 18.4 Å². The van der Waals surface area contributed by atoms with Gasteiger partial charge < -0.3 is 9.88 Å². The van der Waals surface area contributed by atoms with Crippen LogP contribution in [0, 0.1) is 0 Å². The summed E-state index contributed by atoms with van der Waals surface area (Å²) in [5, 5.41) is 3.01. The third-order valence-electron chi connectivity index (χ3n) is 4.66. The monoisotopic (exact) mass is 380 g/mol. The van der Waals surface area contributed by atoms with Crippen LogP contribution in [0.2, 0.25) is 0 Å². The second-order valence-electron chi connectivity index (χ2n) is 7.31. The summed E-state index contributed by atoms with van der Waals surface area (Å²) in [4.78, 5) is 16.9. The predicted molar refractivity (Wildman–Crippen MR) is 102 cm³/mol. The highest BCUT2D eigenvalue weighted by atomic mass is 32.2. The zero-order valence-electron chi connectivity index (χ0n) is 16.3. The van der Waals surface area contributed by atoms with Crippen molar-refractivity contribution in [2.75, 3.05) is 14.1 Å². The van der Waals surface area contributed by atoms with Crippen LogP contribution in [0.5, 0.6) is 0 Å². The maximum atomic E-state index is 12.3. The van der Waals surface area contributed by atoms with Crippen molar-refractivity contribution in [1.82, 2.24) is 19.2 Å². The van der Waals surface area contributed by atoms with Crippen LogP contribution in [0.4, 0.5) is 0 Å². The summed E-state index contributed by atoms with van der Waals surface area (Å²) in [6.07, 6.45) is 1.68. The number of fused-ring (bicyclic) bond motifs is 1. The Hall–Kier alpha value is -1.93. The fourth-order valence-corrected chi connectivity index (χ4v) is 3.50. The largest absolute Gasteiger partial charge is 0.351 e. The van der Waals surface area contributed by atoms with Gasteiger partial charge in [-0.1, -0.05) is 6.92 Å². The van der Waals surface area contributed by atoms with Crippen LogP contribution in [0.25, 0.3) is 11.0 Å². The molecule has 0 spiro atoms. The molecule has 8 heteroatoms. The van der Waals surface area contributed by atoms with Gasteiger partial charge in [-0.2, -0.15) is 0 Å². The van der Waals surface area contributed by atoms with E-state index in [0.717, 1.165) is 17.8 Å². The van der Waals surface area contributed by atoms with E-state index >= 15 is 0 Å². The lowest BCUT2D eigenvalue weighted by Gasteiger charge is -2.24. The number of hydrogen-bond donors (Lipinski definition) is 1. The molecule has 0 unspecified atom stereocenters. The highest BCUT2D eigenvalue weighted by Crippen LogP contribution is 2.22. The first kappa shape index (κ1) is 20.4. The second kappa shape index (κ2) is 7.36. The number of aromatic nitrogens is 2. The zero-order chi connectivity index (χ0) is 19.7. The lowest BCUT2D eigenvalue weighted by Crippen LogP contribution is -2.42. The molecule has 0 aliphatic heterocycles. The van der Waals surface area contributed by atoms with Gasteiger partial charge in [0.1, 0.15) is 5.82 Å². The molecular weight excluding hydrogens is 352 g/mol. The normalized spacial score (nSPS) is 12.7. The van der Waals surface area contributed by atoms with Gasteiger partial charge >= 0.3 is 0 Å². The van der Waals surface area contributed by atoms with E-state index in [1.54, 1.807) is 18.2 Å². The standard InChI is InChI=1S/C18H28N4O3S/c1-7-18(2,3)20-17(23)11-10-16-19-14-12-13(26(24,25)21(4)5)8-9-15(14)22(16)6/h8-9,12H,7,10-11H2,1-6H3,(H,20,23). The van der Waals surface area contributed by atoms with E-state index in [1.165, 1.54) is 18.4 Å². The number of carbonyl (C=O) groups excluding carboxylic acids is 1. The number of benzene rings is 1. The Labute approximate surface area is 155 Å². The summed E-state index contributed by atoms with van der Waals surface area (Å²) in [6, 6.07) is 4.91. The van der Waals surface area contributed by atoms with Gasteiger partial charge in [0.2, 0.25) is 15.9 Å². The van der Waals surface area contributed by atoms with Crippen molar-refractivity contribution in [3.8, 4) is 0 Å². The molecule has 1 aromatic heterocycles. The molecule has 1 N–H and O–H groups in total. The molecule has 0 aliphatic rings. The van der Waals surface area contributed by atoms with Gasteiger partial charge in [0.15, 0.2) is 0 Å². The molecule has 0 radical (unpaired) electrons. The first-order valence-corrected chi connectivity index (χ1v) is 10.1. The van der Waals surface area contributed by atoms with E-state index in [4.69, 9.17) is 0 Å². The third kappa shape index (κ3) is 4.24. The van der Waals surface area contributed by atoms with E-state index in [2.05, 4.69) is 10.3 Å². The van der Waals surface area contributed by atoms with Gasteiger partial charge in [0.25, 0.3) is 0 Å². The van der Waals surface area contributed by atoms with Crippen molar-refractivity contribution < 1.29 is 13.2 Å². The summed E-state index contributed by atoms with van der Waals surface area (Å²) in [7, 11) is 1.37. The number of imidazole rings is 1. The molecule has 0 bridgehead atoms. The van der Waals surface area contributed by atoms with Crippen LogP contribution in [0.15, 0.2) is 23.1 Å². The predicted octanol–water partition coefficient (Wildman–Crippen LogP) is 2.06. The number of hydrogen-bond acceptors (Lipinski definition) is 4. The summed E-state index contributed by atoms with van der Waals surface area (Å²) in [5.74, 6) is 0.739. The van der Waals surface area contributed by atoms with E-state index in [9.17, 15) is 13.2 Å². The molecule has 0 fully saturated rings. The Morgan fingerprint density at radius 1 is 1.31 bits per heavy atom. The van der Waals surface area contributed by atoms with Crippen LogP contribution >= 0.6 is 0 Å². The molecule has 1 aromatic carbocycles. The lowest BCUT2D eigenvalue weighted by atomic mass is 10.0. The maximum absolute atomic E-state index is 12.3. The van der Waals surface area contributed by atoms with E-state index in [-0.39, 0.29) is 16.3 Å². The van der Waals surface area contributed by atoms with Crippen molar-refractivity contribution in [2.24, 2.45) is 7.05 Å². The first-order chi connectivity index (χ1) is 12.0. The van der Waals surface area contributed by atoms with E-state index < -0.39 is 10.0 Å². The molecule has 2 aromatic rings. The van der Waals surface area contributed by atoms with Gasteiger partial charge in [-0.25, -0.2) is 17.7 Å². The average Bonchev–Trinajstić information content (AvgIpc) is 2.88. The molecular formula is C18H28N4O3S. The summed E-state index contributed by atoms with van der Waals surface area (Å²) < 4.78 is 27.6. The molecule has 1 amide bonds. The zero-order valence-corrected chi connectivity index (χ0v) is 17.1. The van der Waals surface area contributed by atoms with Crippen LogP contribution in [-0.2, 0) is 28.3 Å². The Morgan fingerprint density at radius 3 is 2.54 bits per heavy atom. The summed E-state index contributed by atoms with van der Waals surface area (Å²) >= 11 is 0. The Morgan fingerprint density at radius 2 is 1.96 bits per heavy atom. The van der Waals surface area contributed by atoms with Crippen molar-refractivity contribution in [3.63, 3.8) is 0 Å². The number of nitrogens with one attached hydrogen (secondary N) is 1. The third-order valence-corrected chi connectivity index (χ3v) is 6.47. The summed E-state index contributed by atoms with van der Waals surface area (Å²) in [6.45, 7) is 6.02. The second-order valence-corrected chi connectivity index (χ2v) is 9.46. The summed E-state index contributed by atoms with van der Waals surface area (Å²) in [5.41, 5.74) is 1.23. The van der Waals surface area contributed by atoms with E-state index in [1.807, 2.05) is 32.4 Å². The van der Waals surface area contributed by atoms with Crippen LogP contribution in [0.1, 0.15) is 39.4 Å². The minimum atomic E-state index is -3.50. The highest BCUT2D eigenvalue weighted by Gasteiger charge is 2.20. The van der Waals surface area contributed by atoms with Gasteiger partial charge in [0, 0.05) is 39.5 Å². The van der Waals surface area contributed by atoms with Crippen LogP contribution < -0.4 is 5.32 Å². The molecule has 26 heavy (non-hydrogen) atoms. The fourth-order valence-electron chi connectivity index (χ4n) is 2.58. The number of carbonyl (C=O) groups is 1. The molecule has 0 saturated heterocycles. The molecule has 2 rings (SSSR count). The molecule has 0 aliphatic carbocycles. The average molecular weight is 381 g/mol. The number of nitrogens with zero attached hydrogens (tertiary/aromatic N) is 3. The van der Waals surface area contributed by atoms with Gasteiger partial charge in [-0.3, -0.25) is 4.79 Å². The van der Waals surface area contributed by atoms with Gasteiger partial charge in [0.05, 0.1) is 15.9 Å². The van der Waals surface area contributed by atoms with Gasteiger partial charge in [-0.05, 0) is 38.5 Å². The highest BCUT2D eigenvalue weighted by molar-refractivity contribution is 7.89. The molecule has 1 heterocycles. The van der Waals surface area contributed by atoms with Crippen molar-refractivity contribution in [2.45, 2.75) is 50.5 Å².